The Kier molecular flexibility index (Phi) is 7.40. The molecule has 2 heterocycles. The standard InChI is InChI=1S/C24H32O10/c1-13(2)7-19(27)32-18-8-17-16(10-29-14(3)25)11-30-22(21(17)24(18)12-31-24)33-20(28)9-23(5,6)34-15(4)26/h8,11,13,18,21-22H,7,9-10,12H2,1-6H3/t18-,21+,22-,24+/m0/s1. The Hall–Kier alpha value is -2.88. The van der Waals surface area contributed by atoms with Crippen molar-refractivity contribution in [3.8, 4) is 0 Å². The molecule has 1 saturated heterocycles. The van der Waals surface area contributed by atoms with E-state index in [4.69, 9.17) is 28.4 Å². The van der Waals surface area contributed by atoms with E-state index in [1.807, 2.05) is 13.8 Å². The summed E-state index contributed by atoms with van der Waals surface area (Å²) in [5.74, 6) is -2.45. The minimum absolute atomic E-state index is 0.0550. The molecule has 188 valence electrons. The highest BCUT2D eigenvalue weighted by atomic mass is 16.7. The van der Waals surface area contributed by atoms with Crippen molar-refractivity contribution < 1.29 is 47.6 Å². The van der Waals surface area contributed by atoms with Gasteiger partial charge < -0.3 is 28.4 Å². The monoisotopic (exact) mass is 480 g/mol. The normalized spacial score (nSPS) is 27.2. The third-order valence-corrected chi connectivity index (χ3v) is 5.64. The maximum atomic E-state index is 12.7. The Balaban J connectivity index is 1.81. The number of hydrogen-bond donors (Lipinski definition) is 0. The molecular formula is C24H32O10. The Morgan fingerprint density at radius 2 is 1.79 bits per heavy atom. The van der Waals surface area contributed by atoms with Crippen LogP contribution in [0.25, 0.3) is 0 Å². The van der Waals surface area contributed by atoms with Crippen LogP contribution < -0.4 is 0 Å². The number of carbonyl (C=O) groups excluding carboxylic acids is 4. The second-order valence-electron chi connectivity index (χ2n) is 9.80. The molecule has 0 saturated carbocycles. The average Bonchev–Trinajstić information content (AvgIpc) is 3.39. The summed E-state index contributed by atoms with van der Waals surface area (Å²) in [6.07, 6.45) is 1.40. The van der Waals surface area contributed by atoms with E-state index in [0.29, 0.717) is 11.1 Å². The van der Waals surface area contributed by atoms with Crippen LogP contribution in [-0.2, 0) is 47.6 Å². The number of rotatable bonds is 9. The predicted octanol–water partition coefficient (Wildman–Crippen LogP) is 2.35. The van der Waals surface area contributed by atoms with E-state index >= 15 is 0 Å². The van der Waals surface area contributed by atoms with Crippen molar-refractivity contribution in [3.63, 3.8) is 0 Å². The van der Waals surface area contributed by atoms with Gasteiger partial charge in [0.15, 0.2) is 6.10 Å². The molecular weight excluding hydrogens is 448 g/mol. The predicted molar refractivity (Wildman–Crippen MR) is 116 cm³/mol. The third kappa shape index (κ3) is 5.97. The molecule has 0 aromatic carbocycles. The number of fused-ring (bicyclic) bond motifs is 2. The lowest BCUT2D eigenvalue weighted by atomic mass is 9.85. The van der Waals surface area contributed by atoms with Crippen molar-refractivity contribution in [2.45, 2.75) is 78.0 Å². The van der Waals surface area contributed by atoms with Crippen LogP contribution in [0.5, 0.6) is 0 Å². The first-order valence-electron chi connectivity index (χ1n) is 11.3. The van der Waals surface area contributed by atoms with Crippen LogP contribution in [0.3, 0.4) is 0 Å². The molecule has 34 heavy (non-hydrogen) atoms. The molecule has 1 spiro atoms. The number of carbonyl (C=O) groups is 4. The lowest BCUT2D eigenvalue weighted by molar-refractivity contribution is -0.190. The van der Waals surface area contributed by atoms with Crippen LogP contribution in [0.2, 0.25) is 0 Å². The summed E-state index contributed by atoms with van der Waals surface area (Å²) in [5, 5.41) is 0. The van der Waals surface area contributed by atoms with Crippen LogP contribution in [0.15, 0.2) is 23.5 Å². The zero-order valence-electron chi connectivity index (χ0n) is 20.4. The van der Waals surface area contributed by atoms with Crippen molar-refractivity contribution in [2.75, 3.05) is 13.2 Å². The minimum Gasteiger partial charge on any atom is -0.461 e. The average molecular weight is 481 g/mol. The maximum absolute atomic E-state index is 12.7. The zero-order chi connectivity index (χ0) is 25.3. The smallest absolute Gasteiger partial charge is 0.312 e. The lowest BCUT2D eigenvalue weighted by Crippen LogP contribution is -2.45. The minimum atomic E-state index is -1.07. The molecule has 0 amide bonds. The molecule has 10 nitrogen and oxygen atoms in total. The maximum Gasteiger partial charge on any atom is 0.312 e. The first kappa shape index (κ1) is 25.7. The molecule has 1 fully saturated rings. The van der Waals surface area contributed by atoms with E-state index in [0.717, 1.165) is 0 Å². The molecule has 1 aliphatic carbocycles. The Labute approximate surface area is 198 Å². The second kappa shape index (κ2) is 9.77. The summed E-state index contributed by atoms with van der Waals surface area (Å²) >= 11 is 0. The highest BCUT2D eigenvalue weighted by Crippen LogP contribution is 2.54. The van der Waals surface area contributed by atoms with Gasteiger partial charge in [-0.25, -0.2) is 0 Å². The highest BCUT2D eigenvalue weighted by molar-refractivity contribution is 5.73. The first-order chi connectivity index (χ1) is 15.8. The van der Waals surface area contributed by atoms with Gasteiger partial charge in [-0.3, -0.25) is 19.2 Å². The molecule has 0 unspecified atom stereocenters. The molecule has 10 heteroatoms. The molecule has 3 aliphatic rings. The Bertz CT molecular complexity index is 909. The number of hydrogen-bond acceptors (Lipinski definition) is 10. The molecule has 2 aliphatic heterocycles. The number of esters is 4. The number of epoxide rings is 1. The van der Waals surface area contributed by atoms with Gasteiger partial charge in [0.1, 0.15) is 17.8 Å². The summed E-state index contributed by atoms with van der Waals surface area (Å²) in [6, 6.07) is 0. The van der Waals surface area contributed by atoms with Crippen LogP contribution in [-0.4, -0.2) is 60.7 Å². The Morgan fingerprint density at radius 3 is 2.35 bits per heavy atom. The SMILES string of the molecule is CC(=O)OCC1=CO[C@@H](OC(=O)CC(C)(C)OC(C)=O)[C@H]2C1=C[C@H](OC(=O)CC(C)C)[C@]21CO1. The summed E-state index contributed by atoms with van der Waals surface area (Å²) in [6.45, 7) is 9.81. The van der Waals surface area contributed by atoms with E-state index in [2.05, 4.69) is 0 Å². The van der Waals surface area contributed by atoms with Crippen molar-refractivity contribution in [1.29, 1.82) is 0 Å². The van der Waals surface area contributed by atoms with Crippen LogP contribution in [0.1, 0.15) is 54.4 Å². The summed E-state index contributed by atoms with van der Waals surface area (Å²) < 4.78 is 33.1. The summed E-state index contributed by atoms with van der Waals surface area (Å²) in [4.78, 5) is 47.7. The summed E-state index contributed by atoms with van der Waals surface area (Å²) in [5.41, 5.74) is -0.770. The van der Waals surface area contributed by atoms with Crippen molar-refractivity contribution >= 4 is 23.9 Å². The van der Waals surface area contributed by atoms with Crippen molar-refractivity contribution in [2.24, 2.45) is 11.8 Å². The first-order valence-corrected chi connectivity index (χ1v) is 11.3. The van der Waals surface area contributed by atoms with Gasteiger partial charge in [-0.1, -0.05) is 13.8 Å². The van der Waals surface area contributed by atoms with Gasteiger partial charge in [0, 0.05) is 25.8 Å². The van der Waals surface area contributed by atoms with Gasteiger partial charge in [0.25, 0.3) is 6.29 Å². The number of ether oxygens (including phenoxy) is 6. The molecule has 3 rings (SSSR count). The lowest BCUT2D eigenvalue weighted by Gasteiger charge is -2.34. The van der Waals surface area contributed by atoms with Gasteiger partial charge in [-0.05, 0) is 31.4 Å². The quantitative estimate of drug-likeness (QED) is 0.276. The molecule has 0 aromatic rings. The van der Waals surface area contributed by atoms with Gasteiger partial charge >= 0.3 is 23.9 Å². The van der Waals surface area contributed by atoms with Crippen molar-refractivity contribution in [1.82, 2.24) is 0 Å². The van der Waals surface area contributed by atoms with Crippen molar-refractivity contribution in [3.05, 3.63) is 23.5 Å². The summed E-state index contributed by atoms with van der Waals surface area (Å²) in [7, 11) is 0. The highest BCUT2D eigenvalue weighted by Gasteiger charge is 2.68. The van der Waals surface area contributed by atoms with E-state index in [-0.39, 0.29) is 37.9 Å². The topological polar surface area (TPSA) is 127 Å². The second-order valence-corrected chi connectivity index (χ2v) is 9.80. The molecule has 0 bridgehead atoms. The van der Waals surface area contributed by atoms with Gasteiger partial charge in [-0.15, -0.1) is 0 Å². The fourth-order valence-electron chi connectivity index (χ4n) is 4.25. The van der Waals surface area contributed by atoms with Gasteiger partial charge in [-0.2, -0.15) is 0 Å². The fourth-order valence-corrected chi connectivity index (χ4v) is 4.25. The molecule has 0 radical (unpaired) electrons. The zero-order valence-corrected chi connectivity index (χ0v) is 20.4. The van der Waals surface area contributed by atoms with Crippen LogP contribution in [0.4, 0.5) is 0 Å². The van der Waals surface area contributed by atoms with E-state index in [1.54, 1.807) is 19.9 Å². The fraction of sp³-hybridized carbons (Fsp3) is 0.667. The molecule has 0 aromatic heterocycles. The Morgan fingerprint density at radius 1 is 1.12 bits per heavy atom. The third-order valence-electron chi connectivity index (χ3n) is 5.64. The molecule has 4 atom stereocenters. The van der Waals surface area contributed by atoms with E-state index < -0.39 is 47.4 Å². The van der Waals surface area contributed by atoms with Crippen LogP contribution in [0, 0.1) is 11.8 Å². The van der Waals surface area contributed by atoms with Crippen LogP contribution >= 0.6 is 0 Å². The van der Waals surface area contributed by atoms with E-state index in [1.165, 1.54) is 20.1 Å². The van der Waals surface area contributed by atoms with Gasteiger partial charge in [0.2, 0.25) is 0 Å². The van der Waals surface area contributed by atoms with Gasteiger partial charge in [0.05, 0.1) is 25.2 Å². The van der Waals surface area contributed by atoms with E-state index in [9.17, 15) is 19.2 Å². The largest absolute Gasteiger partial charge is 0.461 e. The molecule has 0 N–H and O–H groups in total.